The number of hydrogen-bond donors (Lipinski definition) is 0. The summed E-state index contributed by atoms with van der Waals surface area (Å²) in [4.78, 5) is 20.9. The molecular formula is C23H26N2O2S. The van der Waals surface area contributed by atoms with E-state index in [1.165, 1.54) is 10.5 Å². The van der Waals surface area contributed by atoms with Crippen molar-refractivity contribution in [3.8, 4) is 0 Å². The van der Waals surface area contributed by atoms with Crippen molar-refractivity contribution in [3.05, 3.63) is 70.9 Å². The van der Waals surface area contributed by atoms with Gasteiger partial charge < -0.3 is 4.74 Å². The zero-order valence-corrected chi connectivity index (χ0v) is 17.7. The predicted octanol–water partition coefficient (Wildman–Crippen LogP) is 5.07. The van der Waals surface area contributed by atoms with E-state index >= 15 is 0 Å². The highest BCUT2D eigenvalue weighted by Gasteiger charge is 2.20. The number of nitrogens with zero attached hydrogens (tertiary/aromatic N) is 2. The lowest BCUT2D eigenvalue weighted by molar-refractivity contribution is 0.0522. The molecule has 1 aromatic heterocycles. The van der Waals surface area contributed by atoms with Crippen LogP contribution in [-0.4, -0.2) is 35.8 Å². The SMILES string of the molecule is CCOC(=O)c1c(CN(C)Cc2ccc(SC)cc2)nc2ccccc2c1C. The normalized spacial score (nSPS) is 11.2. The summed E-state index contributed by atoms with van der Waals surface area (Å²) in [6.07, 6.45) is 2.08. The van der Waals surface area contributed by atoms with Crippen LogP contribution in [0.25, 0.3) is 10.9 Å². The van der Waals surface area contributed by atoms with Gasteiger partial charge in [0.05, 0.1) is 23.4 Å². The fourth-order valence-electron chi connectivity index (χ4n) is 3.38. The van der Waals surface area contributed by atoms with Crippen LogP contribution in [0.3, 0.4) is 0 Å². The van der Waals surface area contributed by atoms with Gasteiger partial charge in [-0.3, -0.25) is 9.88 Å². The minimum absolute atomic E-state index is 0.300. The van der Waals surface area contributed by atoms with Gasteiger partial charge in [0.25, 0.3) is 0 Å². The number of rotatable bonds is 7. The second-order valence-electron chi connectivity index (χ2n) is 6.82. The summed E-state index contributed by atoms with van der Waals surface area (Å²) in [5.41, 5.74) is 4.41. The number of aryl methyl sites for hydroxylation is 1. The van der Waals surface area contributed by atoms with Gasteiger partial charge in [-0.1, -0.05) is 30.3 Å². The van der Waals surface area contributed by atoms with Crippen LogP contribution in [0.2, 0.25) is 0 Å². The van der Waals surface area contributed by atoms with E-state index in [1.807, 2.05) is 45.2 Å². The molecule has 3 rings (SSSR count). The Bertz CT molecular complexity index is 970. The lowest BCUT2D eigenvalue weighted by atomic mass is 10.0. The molecule has 1 heterocycles. The smallest absolute Gasteiger partial charge is 0.340 e. The van der Waals surface area contributed by atoms with Crippen LogP contribution in [0.1, 0.15) is 34.1 Å². The van der Waals surface area contributed by atoms with Crippen LogP contribution >= 0.6 is 11.8 Å². The van der Waals surface area contributed by atoms with Gasteiger partial charge in [0.15, 0.2) is 0 Å². The number of carbonyl (C=O) groups is 1. The number of benzene rings is 2. The topological polar surface area (TPSA) is 42.4 Å². The molecule has 0 saturated carbocycles. The number of ether oxygens (including phenoxy) is 1. The summed E-state index contributed by atoms with van der Waals surface area (Å²) >= 11 is 1.74. The standard InChI is InChI=1S/C23H26N2O2S/c1-5-27-23(26)22-16(2)19-8-6-7-9-20(19)24-21(22)15-25(3)14-17-10-12-18(28-4)13-11-17/h6-13H,5,14-15H2,1-4H3. The summed E-state index contributed by atoms with van der Waals surface area (Å²) < 4.78 is 5.32. The molecule has 28 heavy (non-hydrogen) atoms. The van der Waals surface area contributed by atoms with Crippen molar-refractivity contribution in [2.45, 2.75) is 31.8 Å². The van der Waals surface area contributed by atoms with E-state index in [1.54, 1.807) is 11.8 Å². The zero-order valence-electron chi connectivity index (χ0n) is 16.9. The van der Waals surface area contributed by atoms with Gasteiger partial charge in [0, 0.05) is 23.4 Å². The highest BCUT2D eigenvalue weighted by atomic mass is 32.2. The number of hydrogen-bond acceptors (Lipinski definition) is 5. The first-order chi connectivity index (χ1) is 13.5. The number of para-hydroxylation sites is 1. The lowest BCUT2D eigenvalue weighted by Crippen LogP contribution is -2.21. The third-order valence-electron chi connectivity index (χ3n) is 4.74. The molecule has 0 atom stereocenters. The van der Waals surface area contributed by atoms with Gasteiger partial charge in [-0.15, -0.1) is 11.8 Å². The minimum atomic E-state index is -0.300. The second kappa shape index (κ2) is 9.22. The summed E-state index contributed by atoms with van der Waals surface area (Å²) in [7, 11) is 2.05. The van der Waals surface area contributed by atoms with Crippen molar-refractivity contribution < 1.29 is 9.53 Å². The summed E-state index contributed by atoms with van der Waals surface area (Å²) in [5, 5.41) is 0.990. The third-order valence-corrected chi connectivity index (χ3v) is 5.48. The van der Waals surface area contributed by atoms with Crippen LogP contribution in [0.4, 0.5) is 0 Å². The lowest BCUT2D eigenvalue weighted by Gasteiger charge is -2.20. The largest absolute Gasteiger partial charge is 0.462 e. The average molecular weight is 395 g/mol. The third kappa shape index (κ3) is 4.54. The van der Waals surface area contributed by atoms with E-state index in [9.17, 15) is 4.79 Å². The molecule has 0 aliphatic rings. The Labute approximate surface area is 170 Å². The summed E-state index contributed by atoms with van der Waals surface area (Å²) in [5.74, 6) is -0.300. The Morgan fingerprint density at radius 1 is 1.11 bits per heavy atom. The van der Waals surface area contributed by atoms with Gasteiger partial charge in [-0.25, -0.2) is 4.79 Å². The maximum Gasteiger partial charge on any atom is 0.340 e. The van der Waals surface area contributed by atoms with Gasteiger partial charge in [-0.05, 0) is 56.5 Å². The second-order valence-corrected chi connectivity index (χ2v) is 7.70. The molecule has 2 aromatic carbocycles. The highest BCUT2D eigenvalue weighted by Crippen LogP contribution is 2.25. The maximum atomic E-state index is 12.7. The van der Waals surface area contributed by atoms with Crippen molar-refractivity contribution >= 4 is 28.6 Å². The van der Waals surface area contributed by atoms with Crippen molar-refractivity contribution in [2.75, 3.05) is 19.9 Å². The molecule has 0 bridgehead atoms. The maximum absolute atomic E-state index is 12.7. The van der Waals surface area contributed by atoms with Crippen LogP contribution in [0.15, 0.2) is 53.4 Å². The molecule has 5 heteroatoms. The average Bonchev–Trinajstić information content (AvgIpc) is 2.69. The number of pyridine rings is 1. The van der Waals surface area contributed by atoms with Gasteiger partial charge in [0.2, 0.25) is 0 Å². The summed E-state index contributed by atoms with van der Waals surface area (Å²) in [6, 6.07) is 16.5. The van der Waals surface area contributed by atoms with Gasteiger partial charge in [-0.2, -0.15) is 0 Å². The van der Waals surface area contributed by atoms with E-state index in [4.69, 9.17) is 9.72 Å². The van der Waals surface area contributed by atoms with Gasteiger partial charge >= 0.3 is 5.97 Å². The number of carbonyl (C=O) groups excluding carboxylic acids is 1. The molecule has 146 valence electrons. The van der Waals surface area contributed by atoms with Crippen LogP contribution in [0.5, 0.6) is 0 Å². The fraction of sp³-hybridized carbons (Fsp3) is 0.304. The first-order valence-electron chi connectivity index (χ1n) is 9.40. The molecule has 0 aliphatic heterocycles. The van der Waals surface area contributed by atoms with Crippen LogP contribution < -0.4 is 0 Å². The molecule has 0 amide bonds. The molecule has 0 fully saturated rings. The number of fused-ring (bicyclic) bond motifs is 1. The molecule has 0 radical (unpaired) electrons. The quantitative estimate of drug-likeness (QED) is 0.413. The Morgan fingerprint density at radius 2 is 1.82 bits per heavy atom. The Hall–Kier alpha value is -2.37. The van der Waals surface area contributed by atoms with Crippen LogP contribution in [-0.2, 0) is 17.8 Å². The molecule has 0 unspecified atom stereocenters. The van der Waals surface area contributed by atoms with Crippen molar-refractivity contribution in [1.82, 2.24) is 9.88 Å². The van der Waals surface area contributed by atoms with Crippen molar-refractivity contribution in [3.63, 3.8) is 0 Å². The van der Waals surface area contributed by atoms with E-state index in [0.29, 0.717) is 18.7 Å². The predicted molar refractivity (Wildman–Crippen MR) is 116 cm³/mol. The van der Waals surface area contributed by atoms with E-state index in [2.05, 4.69) is 35.4 Å². The molecule has 0 spiro atoms. The Kier molecular flexibility index (Phi) is 6.70. The molecule has 0 aliphatic carbocycles. The zero-order chi connectivity index (χ0) is 20.1. The Morgan fingerprint density at radius 3 is 2.50 bits per heavy atom. The molecule has 4 nitrogen and oxygen atoms in total. The monoisotopic (exact) mass is 394 g/mol. The summed E-state index contributed by atoms with van der Waals surface area (Å²) in [6.45, 7) is 5.50. The molecule has 3 aromatic rings. The minimum Gasteiger partial charge on any atom is -0.462 e. The number of esters is 1. The first kappa shape index (κ1) is 20.4. The van der Waals surface area contributed by atoms with E-state index in [0.717, 1.165) is 28.7 Å². The molecular weight excluding hydrogens is 368 g/mol. The van der Waals surface area contributed by atoms with Crippen LogP contribution in [0, 0.1) is 6.92 Å². The Balaban J connectivity index is 1.91. The van der Waals surface area contributed by atoms with Crippen molar-refractivity contribution in [1.29, 1.82) is 0 Å². The van der Waals surface area contributed by atoms with E-state index < -0.39 is 0 Å². The first-order valence-corrected chi connectivity index (χ1v) is 10.6. The van der Waals surface area contributed by atoms with Crippen molar-refractivity contribution in [2.24, 2.45) is 0 Å². The number of aromatic nitrogens is 1. The molecule has 0 N–H and O–H groups in total. The number of thioether (sulfide) groups is 1. The molecule has 0 saturated heterocycles. The highest BCUT2D eigenvalue weighted by molar-refractivity contribution is 7.98. The van der Waals surface area contributed by atoms with Gasteiger partial charge in [0.1, 0.15) is 0 Å². The van der Waals surface area contributed by atoms with E-state index in [-0.39, 0.29) is 5.97 Å². The fourth-order valence-corrected chi connectivity index (χ4v) is 3.79.